The molecule has 19 heavy (non-hydrogen) atoms. The van der Waals surface area contributed by atoms with Crippen LogP contribution in [0.4, 0.5) is 4.79 Å². The first-order chi connectivity index (χ1) is 8.78. The van der Waals surface area contributed by atoms with Crippen LogP contribution in [0.25, 0.3) is 10.4 Å². The number of rotatable bonds is 3. The zero-order valence-corrected chi connectivity index (χ0v) is 11.3. The number of azide groups is 1. The quantitative estimate of drug-likeness (QED) is 0.401. The molecule has 0 aromatic rings. The number of alkyl carbamates (subject to hydrolysis) is 1. The van der Waals surface area contributed by atoms with Gasteiger partial charge in [0.05, 0.1) is 12.1 Å². The molecular weight excluding hydrogens is 252 g/mol. The third-order valence-electron chi connectivity index (χ3n) is 2.92. The van der Waals surface area contributed by atoms with Gasteiger partial charge in [0.1, 0.15) is 5.60 Å². The van der Waals surface area contributed by atoms with E-state index in [1.165, 1.54) is 0 Å². The Bertz CT molecular complexity index is 375. The lowest BCUT2D eigenvalue weighted by Gasteiger charge is -2.23. The van der Waals surface area contributed by atoms with Gasteiger partial charge in [-0.05, 0) is 32.7 Å². The van der Waals surface area contributed by atoms with Crippen molar-refractivity contribution in [1.29, 1.82) is 0 Å². The number of ether oxygens (including phenoxy) is 1. The second-order valence-electron chi connectivity index (χ2n) is 5.62. The zero-order chi connectivity index (χ0) is 14.6. The summed E-state index contributed by atoms with van der Waals surface area (Å²) in [6, 6.07) is -1.34. The number of nitrogens with zero attached hydrogens (tertiary/aromatic N) is 3. The molecule has 1 rings (SSSR count). The molecule has 4 atom stereocenters. The molecule has 0 radical (unpaired) electrons. The van der Waals surface area contributed by atoms with Gasteiger partial charge in [0.2, 0.25) is 0 Å². The Morgan fingerprint density at radius 3 is 2.68 bits per heavy atom. The van der Waals surface area contributed by atoms with Crippen molar-refractivity contribution >= 4 is 6.09 Å². The van der Waals surface area contributed by atoms with Crippen LogP contribution in [0.2, 0.25) is 0 Å². The van der Waals surface area contributed by atoms with Gasteiger partial charge in [0, 0.05) is 23.5 Å². The standard InChI is InChI=1S/C11H20N4O4/c1-11(2,3)19-10(18)13-7-4-6(5-16)9(17)8(7)14-15-12/h6-9,16-17H,4-5H2,1-3H3,(H,13,18)/t6-,7+,8-,9-/m0/s1. The molecule has 3 N–H and O–H groups in total. The van der Waals surface area contributed by atoms with Crippen LogP contribution < -0.4 is 5.32 Å². The third-order valence-corrected chi connectivity index (χ3v) is 2.92. The maximum Gasteiger partial charge on any atom is 0.407 e. The number of carbonyl (C=O) groups excluding carboxylic acids is 1. The number of aliphatic hydroxyl groups is 2. The molecule has 0 heterocycles. The van der Waals surface area contributed by atoms with Gasteiger partial charge >= 0.3 is 6.09 Å². The summed E-state index contributed by atoms with van der Waals surface area (Å²) in [5, 5.41) is 25.1. The second kappa shape index (κ2) is 6.10. The van der Waals surface area contributed by atoms with E-state index < -0.39 is 35.8 Å². The number of hydrogen-bond acceptors (Lipinski definition) is 5. The molecule has 0 aromatic carbocycles. The van der Waals surface area contributed by atoms with Gasteiger partial charge in [-0.1, -0.05) is 5.11 Å². The molecule has 1 amide bonds. The predicted molar refractivity (Wildman–Crippen MR) is 67.3 cm³/mol. The maximum atomic E-state index is 11.7. The molecule has 0 spiro atoms. The monoisotopic (exact) mass is 272 g/mol. The van der Waals surface area contributed by atoms with E-state index in [4.69, 9.17) is 15.4 Å². The van der Waals surface area contributed by atoms with Crippen molar-refractivity contribution in [3.05, 3.63) is 10.4 Å². The minimum Gasteiger partial charge on any atom is -0.444 e. The smallest absolute Gasteiger partial charge is 0.407 e. The summed E-state index contributed by atoms with van der Waals surface area (Å²) in [6.07, 6.45) is -1.28. The topological polar surface area (TPSA) is 128 Å². The molecule has 0 unspecified atom stereocenters. The summed E-state index contributed by atoms with van der Waals surface area (Å²) in [5.74, 6) is -0.421. The highest BCUT2D eigenvalue weighted by Crippen LogP contribution is 2.29. The number of aliphatic hydroxyl groups excluding tert-OH is 2. The van der Waals surface area contributed by atoms with Crippen molar-refractivity contribution < 1.29 is 19.7 Å². The largest absolute Gasteiger partial charge is 0.444 e. The Morgan fingerprint density at radius 1 is 1.58 bits per heavy atom. The number of hydrogen-bond donors (Lipinski definition) is 3. The van der Waals surface area contributed by atoms with E-state index >= 15 is 0 Å². The van der Waals surface area contributed by atoms with E-state index in [9.17, 15) is 9.90 Å². The highest BCUT2D eigenvalue weighted by molar-refractivity contribution is 5.68. The van der Waals surface area contributed by atoms with Gasteiger partial charge in [-0.3, -0.25) is 0 Å². The van der Waals surface area contributed by atoms with Gasteiger partial charge in [-0.15, -0.1) is 0 Å². The molecule has 0 saturated heterocycles. The van der Waals surface area contributed by atoms with E-state index in [1.807, 2.05) is 0 Å². The lowest BCUT2D eigenvalue weighted by molar-refractivity contribution is 0.0494. The second-order valence-corrected chi connectivity index (χ2v) is 5.62. The van der Waals surface area contributed by atoms with Crippen molar-refractivity contribution in [3.63, 3.8) is 0 Å². The lowest BCUT2D eigenvalue weighted by Crippen LogP contribution is -2.44. The number of carbonyl (C=O) groups is 1. The Hall–Kier alpha value is -1.50. The highest BCUT2D eigenvalue weighted by atomic mass is 16.6. The van der Waals surface area contributed by atoms with Gasteiger partial charge in [-0.25, -0.2) is 4.79 Å². The lowest BCUT2D eigenvalue weighted by atomic mass is 10.1. The van der Waals surface area contributed by atoms with Crippen molar-refractivity contribution in [2.24, 2.45) is 11.0 Å². The van der Waals surface area contributed by atoms with Crippen LogP contribution in [0.5, 0.6) is 0 Å². The molecule has 1 aliphatic carbocycles. The first kappa shape index (κ1) is 15.6. The fraction of sp³-hybridized carbons (Fsp3) is 0.909. The van der Waals surface area contributed by atoms with Crippen LogP contribution in [-0.2, 0) is 4.74 Å². The van der Waals surface area contributed by atoms with Gasteiger partial charge < -0.3 is 20.3 Å². The van der Waals surface area contributed by atoms with Crippen LogP contribution in [0.3, 0.4) is 0 Å². The third kappa shape index (κ3) is 4.27. The van der Waals surface area contributed by atoms with Crippen molar-refractivity contribution in [3.8, 4) is 0 Å². The Morgan fingerprint density at radius 2 is 2.21 bits per heavy atom. The molecule has 1 aliphatic rings. The van der Waals surface area contributed by atoms with Crippen molar-refractivity contribution in [2.45, 2.75) is 51.0 Å². The average molecular weight is 272 g/mol. The molecule has 108 valence electrons. The summed E-state index contributed by atoms with van der Waals surface area (Å²) in [5.41, 5.74) is 7.85. The first-order valence-corrected chi connectivity index (χ1v) is 6.11. The van der Waals surface area contributed by atoms with E-state index in [2.05, 4.69) is 15.3 Å². The van der Waals surface area contributed by atoms with E-state index in [0.717, 1.165) is 0 Å². The fourth-order valence-corrected chi connectivity index (χ4v) is 2.12. The summed E-state index contributed by atoms with van der Waals surface area (Å²) in [6.45, 7) is 4.97. The molecule has 1 fully saturated rings. The fourth-order valence-electron chi connectivity index (χ4n) is 2.12. The highest BCUT2D eigenvalue weighted by Gasteiger charge is 2.42. The molecule has 0 aliphatic heterocycles. The van der Waals surface area contributed by atoms with Gasteiger partial charge in [0.25, 0.3) is 0 Å². The van der Waals surface area contributed by atoms with E-state index in [1.54, 1.807) is 20.8 Å². The van der Waals surface area contributed by atoms with Gasteiger partial charge in [0.15, 0.2) is 0 Å². The number of nitrogens with one attached hydrogen (secondary N) is 1. The summed E-state index contributed by atoms with van der Waals surface area (Å²) in [4.78, 5) is 14.3. The summed E-state index contributed by atoms with van der Waals surface area (Å²) in [7, 11) is 0. The maximum absolute atomic E-state index is 11.7. The van der Waals surface area contributed by atoms with E-state index in [0.29, 0.717) is 6.42 Å². The Kier molecular flexibility index (Phi) is 4.99. The van der Waals surface area contributed by atoms with Crippen LogP contribution in [0.1, 0.15) is 27.2 Å². The molecule has 0 bridgehead atoms. The van der Waals surface area contributed by atoms with Crippen LogP contribution in [0.15, 0.2) is 5.11 Å². The summed E-state index contributed by atoms with van der Waals surface area (Å²) < 4.78 is 5.10. The molecule has 8 heteroatoms. The Labute approximate surface area is 111 Å². The molecular formula is C11H20N4O4. The van der Waals surface area contributed by atoms with Gasteiger partial charge in [-0.2, -0.15) is 0 Å². The molecule has 0 aromatic heterocycles. The number of amides is 1. The van der Waals surface area contributed by atoms with Crippen molar-refractivity contribution in [1.82, 2.24) is 5.32 Å². The molecule has 8 nitrogen and oxygen atoms in total. The SMILES string of the molecule is CC(C)(C)OC(=O)N[C@@H]1C[C@@H](CO)[C@H](O)[C@H]1N=[N+]=[N-]. The van der Waals surface area contributed by atoms with Crippen molar-refractivity contribution in [2.75, 3.05) is 6.61 Å². The summed E-state index contributed by atoms with van der Waals surface area (Å²) >= 11 is 0. The first-order valence-electron chi connectivity index (χ1n) is 6.11. The zero-order valence-electron chi connectivity index (χ0n) is 11.3. The minimum absolute atomic E-state index is 0.231. The minimum atomic E-state index is -0.971. The predicted octanol–water partition coefficient (Wildman–Crippen LogP) is 0.932. The van der Waals surface area contributed by atoms with Crippen LogP contribution >= 0.6 is 0 Å². The Balaban J connectivity index is 2.70. The van der Waals surface area contributed by atoms with Crippen LogP contribution in [0, 0.1) is 5.92 Å². The van der Waals surface area contributed by atoms with E-state index in [-0.39, 0.29) is 6.61 Å². The van der Waals surface area contributed by atoms with Crippen LogP contribution in [-0.4, -0.2) is 46.7 Å². The average Bonchev–Trinajstić information content (AvgIpc) is 2.55. The molecule has 1 saturated carbocycles. The normalized spacial score (nSPS) is 30.6.